The summed E-state index contributed by atoms with van der Waals surface area (Å²) in [7, 11) is 0. The van der Waals surface area contributed by atoms with Gasteiger partial charge in [0.15, 0.2) is 17.4 Å². The molecule has 0 spiro atoms. The van der Waals surface area contributed by atoms with Crippen LogP contribution in [0.15, 0.2) is 24.5 Å². The molecule has 0 aliphatic rings. The van der Waals surface area contributed by atoms with Gasteiger partial charge >= 0.3 is 5.69 Å². The van der Waals surface area contributed by atoms with Crippen LogP contribution in [-0.4, -0.2) is 14.9 Å². The van der Waals surface area contributed by atoms with Crippen molar-refractivity contribution < 1.29 is 18.4 Å². The van der Waals surface area contributed by atoms with Crippen molar-refractivity contribution in [3.8, 4) is 11.6 Å². The summed E-state index contributed by atoms with van der Waals surface area (Å²) in [6.07, 6.45) is 2.42. The van der Waals surface area contributed by atoms with Gasteiger partial charge in [-0.3, -0.25) is 15.1 Å². The van der Waals surface area contributed by atoms with Gasteiger partial charge in [0.2, 0.25) is 11.7 Å². The van der Waals surface area contributed by atoms with Crippen molar-refractivity contribution in [1.82, 2.24) is 9.97 Å². The molecular weight excluding hydrogens is 276 g/mol. The van der Waals surface area contributed by atoms with Gasteiger partial charge in [-0.2, -0.15) is 9.37 Å². The average molecular weight is 283 g/mol. The molecule has 0 amide bonds. The Balaban J connectivity index is 2.34. The molecular formula is C10H7F2N5O3. The second kappa shape index (κ2) is 5.40. The second-order valence-corrected chi connectivity index (χ2v) is 3.48. The lowest BCUT2D eigenvalue weighted by molar-refractivity contribution is -0.387. The van der Waals surface area contributed by atoms with Gasteiger partial charge in [0.1, 0.15) is 0 Å². The first-order valence-electron chi connectivity index (χ1n) is 5.11. The fraction of sp³-hybridized carbons (Fsp3) is 0. The van der Waals surface area contributed by atoms with Crippen LogP contribution in [0.25, 0.3) is 0 Å². The van der Waals surface area contributed by atoms with Crippen molar-refractivity contribution in [3.63, 3.8) is 0 Å². The Morgan fingerprint density at radius 1 is 1.30 bits per heavy atom. The molecule has 1 aromatic carbocycles. The molecule has 0 saturated carbocycles. The molecule has 1 aromatic heterocycles. The largest absolute Gasteiger partial charge is 0.434 e. The van der Waals surface area contributed by atoms with Gasteiger partial charge < -0.3 is 10.2 Å². The summed E-state index contributed by atoms with van der Waals surface area (Å²) in [6, 6.07) is 0.973. The third-order valence-electron chi connectivity index (χ3n) is 2.17. The van der Waals surface area contributed by atoms with Gasteiger partial charge in [-0.25, -0.2) is 10.2 Å². The summed E-state index contributed by atoms with van der Waals surface area (Å²) in [5.41, 5.74) is 1.20. The Morgan fingerprint density at radius 3 is 2.70 bits per heavy atom. The van der Waals surface area contributed by atoms with Gasteiger partial charge in [-0.05, 0) is 0 Å². The molecule has 10 heteroatoms. The molecule has 20 heavy (non-hydrogen) atoms. The minimum atomic E-state index is -1.23. The molecule has 0 bridgehead atoms. The first-order valence-corrected chi connectivity index (χ1v) is 5.11. The lowest BCUT2D eigenvalue weighted by Crippen LogP contribution is -2.09. The topological polar surface area (TPSA) is 116 Å². The van der Waals surface area contributed by atoms with E-state index in [1.807, 2.05) is 0 Å². The number of nitrogen functional groups attached to an aromatic ring is 1. The van der Waals surface area contributed by atoms with Crippen LogP contribution >= 0.6 is 0 Å². The van der Waals surface area contributed by atoms with Crippen LogP contribution < -0.4 is 16.0 Å². The molecule has 0 saturated heterocycles. The van der Waals surface area contributed by atoms with E-state index in [2.05, 4.69) is 15.4 Å². The van der Waals surface area contributed by atoms with Gasteiger partial charge in [0.05, 0.1) is 23.4 Å². The van der Waals surface area contributed by atoms with Gasteiger partial charge in [-0.1, -0.05) is 0 Å². The number of halogens is 2. The summed E-state index contributed by atoms with van der Waals surface area (Å²) in [6.45, 7) is 0. The highest BCUT2D eigenvalue weighted by molar-refractivity contribution is 5.41. The van der Waals surface area contributed by atoms with Gasteiger partial charge in [0.25, 0.3) is 0 Å². The van der Waals surface area contributed by atoms with Gasteiger partial charge in [0, 0.05) is 6.07 Å². The van der Waals surface area contributed by atoms with E-state index in [-0.39, 0.29) is 11.7 Å². The van der Waals surface area contributed by atoms with Crippen molar-refractivity contribution >= 4 is 11.5 Å². The maximum atomic E-state index is 13.6. The number of anilines is 1. The molecule has 0 atom stereocenters. The van der Waals surface area contributed by atoms with Crippen LogP contribution in [0.5, 0.6) is 11.6 Å². The summed E-state index contributed by atoms with van der Waals surface area (Å²) in [4.78, 5) is 16.9. The van der Waals surface area contributed by atoms with E-state index in [1.165, 1.54) is 6.20 Å². The first kappa shape index (κ1) is 13.5. The molecule has 2 aromatic rings. The number of ether oxygens (including phenoxy) is 1. The number of nitrogens with one attached hydrogen (secondary N) is 1. The highest BCUT2D eigenvalue weighted by Gasteiger charge is 2.20. The summed E-state index contributed by atoms with van der Waals surface area (Å²) in [5.74, 6) is 2.19. The number of nitrogens with zero attached hydrogens (tertiary/aromatic N) is 3. The highest BCUT2D eigenvalue weighted by Crippen LogP contribution is 2.29. The fourth-order valence-corrected chi connectivity index (χ4v) is 1.32. The molecule has 0 aliphatic carbocycles. The smallest absolute Gasteiger partial charge is 0.307 e. The lowest BCUT2D eigenvalue weighted by Gasteiger charge is -2.07. The van der Waals surface area contributed by atoms with Crippen LogP contribution in [0, 0.1) is 21.7 Å². The fourth-order valence-electron chi connectivity index (χ4n) is 1.32. The van der Waals surface area contributed by atoms with Crippen molar-refractivity contribution in [1.29, 1.82) is 0 Å². The Bertz CT molecular complexity index is 667. The summed E-state index contributed by atoms with van der Waals surface area (Å²) in [5, 5.41) is 10.4. The van der Waals surface area contributed by atoms with Crippen LogP contribution in [0.4, 0.5) is 20.3 Å². The number of hydrogen-bond acceptors (Lipinski definition) is 7. The predicted octanol–water partition coefficient (Wildman–Crippen LogP) is 1.74. The van der Waals surface area contributed by atoms with E-state index in [9.17, 15) is 18.9 Å². The van der Waals surface area contributed by atoms with Crippen LogP contribution in [-0.2, 0) is 0 Å². The quantitative estimate of drug-likeness (QED) is 0.498. The second-order valence-electron chi connectivity index (χ2n) is 3.48. The number of nitro benzene ring substituents is 1. The third kappa shape index (κ3) is 2.75. The molecule has 8 nitrogen and oxygen atoms in total. The molecule has 3 N–H and O–H groups in total. The van der Waals surface area contributed by atoms with Gasteiger partial charge in [-0.15, -0.1) is 0 Å². The van der Waals surface area contributed by atoms with Crippen LogP contribution in [0.3, 0.4) is 0 Å². The van der Waals surface area contributed by atoms with Crippen LogP contribution in [0.2, 0.25) is 0 Å². The molecule has 0 unspecified atom stereocenters. The molecule has 104 valence electrons. The van der Waals surface area contributed by atoms with E-state index in [0.717, 1.165) is 6.20 Å². The number of rotatable bonds is 4. The van der Waals surface area contributed by atoms with Crippen molar-refractivity contribution in [2.75, 3.05) is 5.43 Å². The number of hydrogen-bond donors (Lipinski definition) is 2. The average Bonchev–Trinajstić information content (AvgIpc) is 2.42. The first-order chi connectivity index (χ1) is 9.51. The Hall–Kier alpha value is -2.88. The Morgan fingerprint density at radius 2 is 2.05 bits per heavy atom. The zero-order valence-corrected chi connectivity index (χ0v) is 9.71. The lowest BCUT2D eigenvalue weighted by atomic mass is 10.3. The number of benzene rings is 1. The van der Waals surface area contributed by atoms with E-state index in [0.29, 0.717) is 12.1 Å². The van der Waals surface area contributed by atoms with Crippen molar-refractivity contribution in [3.05, 3.63) is 46.3 Å². The number of aromatic nitrogens is 2. The van der Waals surface area contributed by atoms with Crippen molar-refractivity contribution in [2.45, 2.75) is 0 Å². The predicted molar refractivity (Wildman–Crippen MR) is 62.9 cm³/mol. The third-order valence-corrected chi connectivity index (χ3v) is 2.17. The zero-order chi connectivity index (χ0) is 14.7. The standard InChI is InChI=1S/C10H7F2N5O3/c11-5-2-8(6(12)1-7(5)17(18)19)20-10-4-14-3-9(15-10)16-13/h1-4H,13H2,(H,15,16). The number of hydrazine groups is 1. The highest BCUT2D eigenvalue weighted by atomic mass is 19.1. The number of nitro groups is 1. The maximum absolute atomic E-state index is 13.6. The summed E-state index contributed by atoms with van der Waals surface area (Å²) >= 11 is 0. The van der Waals surface area contributed by atoms with E-state index < -0.39 is 28.0 Å². The molecule has 0 fully saturated rings. The number of nitrogens with two attached hydrogens (primary N) is 1. The molecule has 2 rings (SSSR count). The van der Waals surface area contributed by atoms with E-state index >= 15 is 0 Å². The van der Waals surface area contributed by atoms with E-state index in [4.69, 9.17) is 10.6 Å². The van der Waals surface area contributed by atoms with Crippen molar-refractivity contribution in [2.24, 2.45) is 5.84 Å². The zero-order valence-electron chi connectivity index (χ0n) is 9.71. The molecule has 1 heterocycles. The Labute approximate surface area is 110 Å². The Kier molecular flexibility index (Phi) is 3.66. The summed E-state index contributed by atoms with van der Waals surface area (Å²) < 4.78 is 31.9. The normalized spacial score (nSPS) is 10.2. The SMILES string of the molecule is NNc1cncc(Oc2cc(F)c([N+](=O)[O-])cc2F)n1. The molecule has 0 aliphatic heterocycles. The minimum absolute atomic E-state index is 0.144. The van der Waals surface area contributed by atoms with E-state index in [1.54, 1.807) is 0 Å². The molecule has 0 radical (unpaired) electrons. The minimum Gasteiger partial charge on any atom is -0.434 e. The maximum Gasteiger partial charge on any atom is 0.307 e. The van der Waals surface area contributed by atoms with Crippen LogP contribution in [0.1, 0.15) is 0 Å². The monoisotopic (exact) mass is 283 g/mol.